The number of hydrogen-bond acceptors (Lipinski definition) is 8. The summed E-state index contributed by atoms with van der Waals surface area (Å²) in [6, 6.07) is 0. The standard InChI is InChI=1S/C11H14N6OS/c1-7-16-17-11(19-7)6-13-9-5-10(18-2)15-8(14-9)3-4-12/h3-5,12-14H,6H2,1-2H3/b8-3+,12-4?. The van der Waals surface area contributed by atoms with E-state index in [2.05, 4.69) is 25.8 Å². The molecule has 3 N–H and O–H groups in total. The van der Waals surface area contributed by atoms with Crippen molar-refractivity contribution in [2.24, 2.45) is 4.99 Å². The lowest BCUT2D eigenvalue weighted by molar-refractivity contribution is 0.403. The number of ether oxygens (including phenoxy) is 1. The number of nitrogens with zero attached hydrogens (tertiary/aromatic N) is 3. The fraction of sp³-hybridized carbons (Fsp3) is 0.273. The number of aliphatic imine (C=N–C) groups is 1. The maximum absolute atomic E-state index is 7.06. The molecule has 0 amide bonds. The molecule has 0 atom stereocenters. The van der Waals surface area contributed by atoms with Crippen molar-refractivity contribution in [3.05, 3.63) is 33.8 Å². The third kappa shape index (κ3) is 3.62. The molecule has 0 fully saturated rings. The van der Waals surface area contributed by atoms with Crippen LogP contribution >= 0.6 is 11.3 Å². The Labute approximate surface area is 114 Å². The summed E-state index contributed by atoms with van der Waals surface area (Å²) >= 11 is 1.54. The Morgan fingerprint density at radius 1 is 1.53 bits per heavy atom. The van der Waals surface area contributed by atoms with Crippen molar-refractivity contribution in [1.82, 2.24) is 20.8 Å². The SMILES string of the molecule is COC1=N/C(=C/C=N)NC(NCc2nnc(C)s2)=C1. The van der Waals surface area contributed by atoms with Crippen LogP contribution in [0.3, 0.4) is 0 Å². The molecular formula is C11H14N6OS. The molecule has 1 aliphatic heterocycles. The Morgan fingerprint density at radius 3 is 3.00 bits per heavy atom. The lowest BCUT2D eigenvalue weighted by Crippen LogP contribution is -2.29. The summed E-state index contributed by atoms with van der Waals surface area (Å²) < 4.78 is 5.11. The number of methoxy groups -OCH3 is 1. The monoisotopic (exact) mass is 278 g/mol. The fourth-order valence-corrected chi connectivity index (χ4v) is 2.06. The topological polar surface area (TPSA) is 95.3 Å². The first-order valence-electron chi connectivity index (χ1n) is 5.56. The molecule has 100 valence electrons. The average Bonchev–Trinajstić information content (AvgIpc) is 2.82. The smallest absolute Gasteiger partial charge is 0.218 e. The summed E-state index contributed by atoms with van der Waals surface area (Å²) in [7, 11) is 1.55. The van der Waals surface area contributed by atoms with Crippen LogP contribution in [0.15, 0.2) is 28.8 Å². The highest BCUT2D eigenvalue weighted by molar-refractivity contribution is 7.11. The average molecular weight is 278 g/mol. The van der Waals surface area contributed by atoms with Crippen LogP contribution in [0.1, 0.15) is 10.0 Å². The van der Waals surface area contributed by atoms with Crippen molar-refractivity contribution < 1.29 is 4.74 Å². The normalized spacial score (nSPS) is 16.4. The predicted octanol–water partition coefficient (Wildman–Crippen LogP) is 0.917. The van der Waals surface area contributed by atoms with Crippen LogP contribution in [0.2, 0.25) is 0 Å². The van der Waals surface area contributed by atoms with Crippen LogP contribution in [0.25, 0.3) is 0 Å². The van der Waals surface area contributed by atoms with Gasteiger partial charge in [0, 0.05) is 12.3 Å². The van der Waals surface area contributed by atoms with Crippen LogP contribution in [-0.2, 0) is 11.3 Å². The third-order valence-corrected chi connectivity index (χ3v) is 3.05. The van der Waals surface area contributed by atoms with E-state index in [0.29, 0.717) is 18.3 Å². The zero-order valence-electron chi connectivity index (χ0n) is 10.6. The quantitative estimate of drug-likeness (QED) is 0.712. The molecule has 19 heavy (non-hydrogen) atoms. The second-order valence-electron chi connectivity index (χ2n) is 3.62. The highest BCUT2D eigenvalue weighted by atomic mass is 32.1. The van der Waals surface area contributed by atoms with E-state index in [9.17, 15) is 0 Å². The minimum atomic E-state index is 0.475. The number of rotatable bonds is 4. The molecule has 2 heterocycles. The Bertz CT molecular complexity index is 559. The molecule has 0 unspecified atom stereocenters. The summed E-state index contributed by atoms with van der Waals surface area (Å²) in [5.41, 5.74) is 0. The minimum absolute atomic E-state index is 0.475. The second-order valence-corrected chi connectivity index (χ2v) is 4.89. The van der Waals surface area contributed by atoms with Gasteiger partial charge in [0.1, 0.15) is 21.7 Å². The van der Waals surface area contributed by atoms with Crippen molar-refractivity contribution in [2.75, 3.05) is 7.11 Å². The molecule has 0 saturated heterocycles. The molecule has 2 rings (SSSR count). The van der Waals surface area contributed by atoms with Gasteiger partial charge >= 0.3 is 0 Å². The van der Waals surface area contributed by atoms with Crippen molar-refractivity contribution >= 4 is 23.4 Å². The summed E-state index contributed by atoms with van der Waals surface area (Å²) in [4.78, 5) is 4.15. The van der Waals surface area contributed by atoms with Gasteiger partial charge in [-0.3, -0.25) is 0 Å². The van der Waals surface area contributed by atoms with E-state index in [1.807, 2.05) is 6.92 Å². The van der Waals surface area contributed by atoms with E-state index in [0.717, 1.165) is 22.1 Å². The second kappa shape index (κ2) is 6.10. The molecular weight excluding hydrogens is 264 g/mol. The number of aryl methyl sites for hydroxylation is 1. The minimum Gasteiger partial charge on any atom is -0.481 e. The van der Waals surface area contributed by atoms with Crippen molar-refractivity contribution in [3.63, 3.8) is 0 Å². The van der Waals surface area contributed by atoms with Crippen LogP contribution in [-0.4, -0.2) is 29.4 Å². The van der Waals surface area contributed by atoms with E-state index in [1.165, 1.54) is 0 Å². The van der Waals surface area contributed by atoms with E-state index >= 15 is 0 Å². The molecule has 0 aromatic carbocycles. The van der Waals surface area contributed by atoms with Crippen molar-refractivity contribution in [3.8, 4) is 0 Å². The number of aromatic nitrogens is 2. The van der Waals surface area contributed by atoms with E-state index in [4.69, 9.17) is 10.1 Å². The Kier molecular flexibility index (Phi) is 4.24. The van der Waals surface area contributed by atoms with Crippen LogP contribution in [0, 0.1) is 12.3 Å². The van der Waals surface area contributed by atoms with Gasteiger partial charge in [-0.1, -0.05) is 11.3 Å². The van der Waals surface area contributed by atoms with E-state index in [-0.39, 0.29) is 0 Å². The fourth-order valence-electron chi connectivity index (χ4n) is 1.41. The number of hydrogen-bond donors (Lipinski definition) is 3. The molecule has 1 aromatic heterocycles. The van der Waals surface area contributed by atoms with Crippen LogP contribution < -0.4 is 10.6 Å². The van der Waals surface area contributed by atoms with E-state index < -0.39 is 0 Å². The number of allylic oxidation sites excluding steroid dienone is 1. The summed E-state index contributed by atoms with van der Waals surface area (Å²) in [5.74, 6) is 1.76. The first-order valence-corrected chi connectivity index (χ1v) is 6.38. The maximum Gasteiger partial charge on any atom is 0.218 e. The van der Waals surface area contributed by atoms with Crippen LogP contribution in [0.5, 0.6) is 0 Å². The zero-order valence-corrected chi connectivity index (χ0v) is 11.4. The van der Waals surface area contributed by atoms with Gasteiger partial charge in [0.15, 0.2) is 0 Å². The Hall–Kier alpha value is -2.22. The lowest BCUT2D eigenvalue weighted by Gasteiger charge is -2.17. The first-order chi connectivity index (χ1) is 9.21. The lowest BCUT2D eigenvalue weighted by atomic mass is 10.4. The third-order valence-electron chi connectivity index (χ3n) is 2.21. The van der Waals surface area contributed by atoms with Gasteiger partial charge in [-0.25, -0.2) is 0 Å². The molecule has 7 nitrogen and oxygen atoms in total. The molecule has 0 radical (unpaired) electrons. The molecule has 1 aliphatic rings. The molecule has 0 bridgehead atoms. The maximum atomic E-state index is 7.06. The van der Waals surface area contributed by atoms with E-state index in [1.54, 1.807) is 30.6 Å². The van der Waals surface area contributed by atoms with Gasteiger partial charge in [0.05, 0.1) is 13.7 Å². The highest BCUT2D eigenvalue weighted by Gasteiger charge is 2.10. The molecule has 1 aromatic rings. The number of nitrogens with one attached hydrogen (secondary N) is 3. The molecule has 0 saturated carbocycles. The first kappa shape index (κ1) is 13.2. The highest BCUT2D eigenvalue weighted by Crippen LogP contribution is 2.09. The van der Waals surface area contributed by atoms with Gasteiger partial charge in [-0.2, -0.15) is 4.99 Å². The van der Waals surface area contributed by atoms with Gasteiger partial charge in [-0.15, -0.1) is 10.2 Å². The van der Waals surface area contributed by atoms with Gasteiger partial charge in [-0.05, 0) is 13.0 Å². The predicted molar refractivity (Wildman–Crippen MR) is 74.0 cm³/mol. The van der Waals surface area contributed by atoms with Gasteiger partial charge < -0.3 is 20.8 Å². The molecule has 8 heteroatoms. The van der Waals surface area contributed by atoms with Gasteiger partial charge in [0.25, 0.3) is 0 Å². The Morgan fingerprint density at radius 2 is 2.37 bits per heavy atom. The molecule has 0 spiro atoms. The Balaban J connectivity index is 2.03. The zero-order chi connectivity index (χ0) is 13.7. The summed E-state index contributed by atoms with van der Waals surface area (Å²) in [6.45, 7) is 2.49. The summed E-state index contributed by atoms with van der Waals surface area (Å²) in [6.07, 6.45) is 4.45. The summed E-state index contributed by atoms with van der Waals surface area (Å²) in [5, 5.41) is 23.1. The van der Waals surface area contributed by atoms with Crippen molar-refractivity contribution in [1.29, 1.82) is 5.41 Å². The van der Waals surface area contributed by atoms with Crippen molar-refractivity contribution in [2.45, 2.75) is 13.5 Å². The largest absolute Gasteiger partial charge is 0.481 e. The van der Waals surface area contributed by atoms with Crippen LogP contribution in [0.4, 0.5) is 0 Å². The molecule has 0 aliphatic carbocycles. The van der Waals surface area contributed by atoms with Gasteiger partial charge in [0.2, 0.25) is 5.90 Å².